The van der Waals surface area contributed by atoms with E-state index in [1.54, 1.807) is 0 Å². The second-order valence-corrected chi connectivity index (χ2v) is 3.04. The summed E-state index contributed by atoms with van der Waals surface area (Å²) in [6, 6.07) is 0. The van der Waals surface area contributed by atoms with Gasteiger partial charge in [0.1, 0.15) is 0 Å². The molecule has 0 bridgehead atoms. The highest BCUT2D eigenvalue weighted by molar-refractivity contribution is 5.04. The molecule has 0 spiro atoms. The van der Waals surface area contributed by atoms with Crippen LogP contribution in [0.4, 0.5) is 0 Å². The van der Waals surface area contributed by atoms with Gasteiger partial charge < -0.3 is 4.90 Å². The fourth-order valence-corrected chi connectivity index (χ4v) is 1.16. The van der Waals surface area contributed by atoms with Crippen molar-refractivity contribution in [3.8, 4) is 0 Å². The number of hydrogen-bond donors (Lipinski definition) is 0. The van der Waals surface area contributed by atoms with E-state index in [0.717, 1.165) is 5.92 Å². The van der Waals surface area contributed by atoms with Crippen LogP contribution in [0.3, 0.4) is 0 Å². The van der Waals surface area contributed by atoms with Gasteiger partial charge in [-0.05, 0) is 25.5 Å². The van der Waals surface area contributed by atoms with Crippen LogP contribution < -0.4 is 0 Å². The van der Waals surface area contributed by atoms with Gasteiger partial charge in [0.15, 0.2) is 0 Å². The highest BCUT2D eigenvalue weighted by Gasteiger charge is 2.10. The van der Waals surface area contributed by atoms with Gasteiger partial charge in [-0.3, -0.25) is 0 Å². The Balaban J connectivity index is 2.61. The van der Waals surface area contributed by atoms with Crippen molar-refractivity contribution in [1.29, 1.82) is 0 Å². The maximum Gasteiger partial charge on any atom is 0.0174 e. The summed E-state index contributed by atoms with van der Waals surface area (Å²) >= 11 is 0. The largest absolute Gasteiger partial charge is 0.380 e. The lowest BCUT2D eigenvalue weighted by Crippen LogP contribution is -2.21. The second-order valence-electron chi connectivity index (χ2n) is 3.04. The van der Waals surface area contributed by atoms with Crippen LogP contribution in [0.5, 0.6) is 0 Å². The van der Waals surface area contributed by atoms with E-state index >= 15 is 0 Å². The topological polar surface area (TPSA) is 3.24 Å². The molecule has 1 heteroatoms. The Morgan fingerprint density at radius 2 is 2.33 bits per heavy atom. The summed E-state index contributed by atoms with van der Waals surface area (Å²) in [6.07, 6.45) is 3.56. The Bertz CT molecular complexity index is 127. The summed E-state index contributed by atoms with van der Waals surface area (Å²) in [5.41, 5.74) is 1.52. The SMILES string of the molecule is CC1=CN(C)CCC1C. The van der Waals surface area contributed by atoms with Gasteiger partial charge >= 0.3 is 0 Å². The molecule has 52 valence electrons. The maximum atomic E-state index is 2.29. The van der Waals surface area contributed by atoms with Gasteiger partial charge in [0.05, 0.1) is 0 Å². The van der Waals surface area contributed by atoms with Crippen molar-refractivity contribution in [1.82, 2.24) is 4.90 Å². The molecule has 0 aromatic rings. The minimum absolute atomic E-state index is 0.807. The Morgan fingerprint density at radius 3 is 2.78 bits per heavy atom. The van der Waals surface area contributed by atoms with Crippen LogP contribution in [0, 0.1) is 5.92 Å². The summed E-state index contributed by atoms with van der Waals surface area (Å²) in [5, 5.41) is 0. The number of allylic oxidation sites excluding steroid dienone is 1. The Hall–Kier alpha value is -0.460. The molecule has 0 saturated carbocycles. The van der Waals surface area contributed by atoms with Crippen molar-refractivity contribution >= 4 is 0 Å². The fraction of sp³-hybridized carbons (Fsp3) is 0.750. The minimum atomic E-state index is 0.807. The molecule has 0 fully saturated rings. The molecule has 0 aromatic heterocycles. The molecular formula is C8H15N. The van der Waals surface area contributed by atoms with Crippen LogP contribution in [0.15, 0.2) is 11.8 Å². The summed E-state index contributed by atoms with van der Waals surface area (Å²) < 4.78 is 0. The molecule has 0 aromatic carbocycles. The monoisotopic (exact) mass is 125 g/mol. The number of nitrogens with zero attached hydrogens (tertiary/aromatic N) is 1. The smallest absolute Gasteiger partial charge is 0.0174 e. The molecule has 1 rings (SSSR count). The van der Waals surface area contributed by atoms with Crippen molar-refractivity contribution in [3.63, 3.8) is 0 Å². The molecule has 0 radical (unpaired) electrons. The van der Waals surface area contributed by atoms with E-state index in [1.807, 2.05) is 0 Å². The van der Waals surface area contributed by atoms with Crippen LogP contribution in [-0.2, 0) is 0 Å². The van der Waals surface area contributed by atoms with Gasteiger partial charge in [-0.1, -0.05) is 12.5 Å². The lowest BCUT2D eigenvalue weighted by atomic mass is 9.97. The molecule has 1 atom stereocenters. The average Bonchev–Trinajstić information content (AvgIpc) is 1.80. The van der Waals surface area contributed by atoms with Gasteiger partial charge in [0.2, 0.25) is 0 Å². The Labute approximate surface area is 57.4 Å². The fourth-order valence-electron chi connectivity index (χ4n) is 1.16. The van der Waals surface area contributed by atoms with Crippen LogP contribution in [0.1, 0.15) is 20.3 Å². The van der Waals surface area contributed by atoms with Crippen molar-refractivity contribution in [2.45, 2.75) is 20.3 Å². The molecule has 1 aliphatic rings. The first-order valence-electron chi connectivity index (χ1n) is 3.58. The first kappa shape index (κ1) is 6.66. The van der Waals surface area contributed by atoms with E-state index in [0.29, 0.717) is 0 Å². The molecule has 1 unspecified atom stereocenters. The molecular weight excluding hydrogens is 110 g/mol. The van der Waals surface area contributed by atoms with Gasteiger partial charge in [-0.25, -0.2) is 0 Å². The summed E-state index contributed by atoms with van der Waals surface area (Å²) in [5.74, 6) is 0.807. The molecule has 0 aliphatic carbocycles. The predicted molar refractivity (Wildman–Crippen MR) is 40.2 cm³/mol. The van der Waals surface area contributed by atoms with Crippen LogP contribution >= 0.6 is 0 Å². The van der Waals surface area contributed by atoms with Gasteiger partial charge in [0.25, 0.3) is 0 Å². The third kappa shape index (κ3) is 1.47. The van der Waals surface area contributed by atoms with Crippen LogP contribution in [0.2, 0.25) is 0 Å². The molecule has 1 aliphatic heterocycles. The third-order valence-electron chi connectivity index (χ3n) is 2.12. The second kappa shape index (κ2) is 2.42. The molecule has 1 nitrogen and oxygen atoms in total. The lowest BCUT2D eigenvalue weighted by Gasteiger charge is -2.25. The van der Waals surface area contributed by atoms with Crippen molar-refractivity contribution in [2.75, 3.05) is 13.6 Å². The zero-order valence-corrected chi connectivity index (χ0v) is 6.52. The normalized spacial score (nSPS) is 28.1. The quantitative estimate of drug-likeness (QED) is 0.477. The first-order valence-corrected chi connectivity index (χ1v) is 3.58. The first-order chi connectivity index (χ1) is 4.20. The van der Waals surface area contributed by atoms with Crippen molar-refractivity contribution in [2.24, 2.45) is 5.92 Å². The van der Waals surface area contributed by atoms with Crippen LogP contribution in [0.25, 0.3) is 0 Å². The van der Waals surface area contributed by atoms with Crippen molar-refractivity contribution in [3.05, 3.63) is 11.8 Å². The highest BCUT2D eigenvalue weighted by atomic mass is 15.1. The van der Waals surface area contributed by atoms with Crippen molar-refractivity contribution < 1.29 is 0 Å². The predicted octanol–water partition coefficient (Wildman–Crippen LogP) is 1.86. The van der Waals surface area contributed by atoms with E-state index in [2.05, 4.69) is 32.0 Å². The van der Waals surface area contributed by atoms with E-state index in [4.69, 9.17) is 0 Å². The lowest BCUT2D eigenvalue weighted by molar-refractivity contribution is 0.373. The number of hydrogen-bond acceptors (Lipinski definition) is 1. The van der Waals surface area contributed by atoms with Gasteiger partial charge in [0, 0.05) is 13.6 Å². The summed E-state index contributed by atoms with van der Waals surface area (Å²) in [4.78, 5) is 2.26. The maximum absolute atomic E-state index is 2.29. The van der Waals surface area contributed by atoms with Gasteiger partial charge in [-0.2, -0.15) is 0 Å². The molecule has 1 heterocycles. The Kier molecular flexibility index (Phi) is 1.79. The third-order valence-corrected chi connectivity index (χ3v) is 2.12. The average molecular weight is 125 g/mol. The highest BCUT2D eigenvalue weighted by Crippen LogP contribution is 2.18. The minimum Gasteiger partial charge on any atom is -0.380 e. The molecule has 0 saturated heterocycles. The number of rotatable bonds is 0. The zero-order valence-electron chi connectivity index (χ0n) is 6.52. The van der Waals surface area contributed by atoms with E-state index in [9.17, 15) is 0 Å². The van der Waals surface area contributed by atoms with Crippen LogP contribution in [-0.4, -0.2) is 18.5 Å². The molecule has 0 amide bonds. The van der Waals surface area contributed by atoms with E-state index in [-0.39, 0.29) is 0 Å². The summed E-state index contributed by atoms with van der Waals surface area (Å²) in [6.45, 7) is 5.72. The molecule has 0 N–H and O–H groups in total. The standard InChI is InChI=1S/C8H15N/c1-7-4-5-9(3)6-8(7)2/h6-7H,4-5H2,1-3H3. The zero-order chi connectivity index (χ0) is 6.85. The van der Waals surface area contributed by atoms with E-state index in [1.165, 1.54) is 18.5 Å². The van der Waals surface area contributed by atoms with Gasteiger partial charge in [-0.15, -0.1) is 0 Å². The Morgan fingerprint density at radius 1 is 1.67 bits per heavy atom. The molecule has 9 heavy (non-hydrogen) atoms. The summed E-state index contributed by atoms with van der Waals surface area (Å²) in [7, 11) is 2.13. The van der Waals surface area contributed by atoms with E-state index < -0.39 is 0 Å².